The Hall–Kier alpha value is -0.520. The van der Waals surface area contributed by atoms with E-state index >= 15 is 0 Å². The van der Waals surface area contributed by atoms with Crippen molar-refractivity contribution in [2.24, 2.45) is 0 Å². The quantitative estimate of drug-likeness (QED) is 0.703. The normalized spacial score (nSPS) is 13.5. The summed E-state index contributed by atoms with van der Waals surface area (Å²) in [5.74, 6) is -1.04. The molecule has 0 amide bonds. The van der Waals surface area contributed by atoms with Gasteiger partial charge in [-0.1, -0.05) is 22.9 Å². The van der Waals surface area contributed by atoms with Crippen molar-refractivity contribution in [3.05, 3.63) is 33.8 Å². The summed E-state index contributed by atoms with van der Waals surface area (Å²) in [5, 5.41) is 3.23. The number of hydrogen-bond donors (Lipinski definition) is 1. The molecule has 0 saturated heterocycles. The Labute approximate surface area is 134 Å². The third kappa shape index (κ3) is 5.64. The minimum absolute atomic E-state index is 0.110. The summed E-state index contributed by atoms with van der Waals surface area (Å²) in [5.41, 5.74) is -0.201. The molecule has 1 aromatic carbocycles. The predicted molar refractivity (Wildman–Crippen MR) is 85.4 cm³/mol. The van der Waals surface area contributed by atoms with E-state index in [0.717, 1.165) is 6.42 Å². The molecule has 0 spiro atoms. The van der Waals surface area contributed by atoms with Gasteiger partial charge in [0.05, 0.1) is 5.60 Å². The molecule has 0 aliphatic heterocycles. The maximum Gasteiger partial charge on any atom is 0.132 e. The van der Waals surface area contributed by atoms with E-state index in [4.69, 9.17) is 4.74 Å². The van der Waals surface area contributed by atoms with Gasteiger partial charge in [0.1, 0.15) is 11.6 Å². The molecule has 0 fully saturated rings. The largest absolute Gasteiger partial charge is 0.379 e. The first-order valence-corrected chi connectivity index (χ1v) is 8.03. The third-order valence-electron chi connectivity index (χ3n) is 3.62. The second-order valence-corrected chi connectivity index (χ2v) is 6.71. The van der Waals surface area contributed by atoms with Crippen molar-refractivity contribution in [1.82, 2.24) is 5.32 Å². The van der Waals surface area contributed by atoms with Gasteiger partial charge in [-0.15, -0.1) is 0 Å². The van der Waals surface area contributed by atoms with Crippen LogP contribution in [-0.2, 0) is 4.74 Å². The maximum atomic E-state index is 14.1. The number of hydrogen-bond acceptors (Lipinski definition) is 2. The fourth-order valence-corrected chi connectivity index (χ4v) is 2.55. The summed E-state index contributed by atoms with van der Waals surface area (Å²) < 4.78 is 34.1. The average Bonchev–Trinajstić information content (AvgIpc) is 2.40. The number of methoxy groups -OCH3 is 1. The average molecular weight is 364 g/mol. The molecule has 1 N–H and O–H groups in total. The van der Waals surface area contributed by atoms with Crippen LogP contribution < -0.4 is 5.32 Å². The molecule has 21 heavy (non-hydrogen) atoms. The van der Waals surface area contributed by atoms with Gasteiger partial charge in [-0.3, -0.25) is 0 Å². The summed E-state index contributed by atoms with van der Waals surface area (Å²) in [6, 6.07) is 2.26. The summed E-state index contributed by atoms with van der Waals surface area (Å²) in [4.78, 5) is 0. The van der Waals surface area contributed by atoms with Crippen LogP contribution in [0.3, 0.4) is 0 Å². The second-order valence-electron chi connectivity index (χ2n) is 5.79. The second kappa shape index (κ2) is 8.20. The molecule has 0 radical (unpaired) electrons. The van der Waals surface area contributed by atoms with Gasteiger partial charge in [0.15, 0.2) is 0 Å². The Morgan fingerprint density at radius 1 is 1.29 bits per heavy atom. The van der Waals surface area contributed by atoms with Crippen LogP contribution in [0.4, 0.5) is 8.78 Å². The zero-order chi connectivity index (χ0) is 16.0. The highest BCUT2D eigenvalue weighted by Crippen LogP contribution is 2.30. The minimum Gasteiger partial charge on any atom is -0.379 e. The summed E-state index contributed by atoms with van der Waals surface area (Å²) in [6.45, 7) is 6.68. The minimum atomic E-state index is -0.522. The zero-order valence-corrected chi connectivity index (χ0v) is 14.7. The molecule has 120 valence electrons. The van der Waals surface area contributed by atoms with Crippen LogP contribution >= 0.6 is 15.9 Å². The van der Waals surface area contributed by atoms with E-state index in [1.807, 2.05) is 20.8 Å². The molecule has 0 saturated carbocycles. The molecule has 0 bridgehead atoms. The monoisotopic (exact) mass is 363 g/mol. The molecular weight excluding hydrogens is 340 g/mol. The maximum absolute atomic E-state index is 14.1. The van der Waals surface area contributed by atoms with Gasteiger partial charge in [-0.2, -0.15) is 0 Å². The topological polar surface area (TPSA) is 21.3 Å². The summed E-state index contributed by atoms with van der Waals surface area (Å²) in [6.07, 6.45) is 2.22. The Bertz CT molecular complexity index is 443. The van der Waals surface area contributed by atoms with Crippen molar-refractivity contribution in [3.63, 3.8) is 0 Å². The predicted octanol–water partition coefficient (Wildman–Crippen LogP) is 4.97. The van der Waals surface area contributed by atoms with Gasteiger partial charge in [0.25, 0.3) is 0 Å². The highest BCUT2D eigenvalue weighted by atomic mass is 79.9. The smallest absolute Gasteiger partial charge is 0.132 e. The third-order valence-corrected chi connectivity index (χ3v) is 4.08. The van der Waals surface area contributed by atoms with E-state index in [0.29, 0.717) is 23.9 Å². The molecular formula is C16H24BrF2NO. The Morgan fingerprint density at radius 3 is 2.33 bits per heavy atom. The molecule has 0 heterocycles. The Balaban J connectivity index is 2.97. The molecule has 0 aromatic heterocycles. The SMILES string of the molecule is CCCNC(CCC(C)(C)OC)c1c(F)cc(Br)cc1F. The van der Waals surface area contributed by atoms with Crippen molar-refractivity contribution < 1.29 is 13.5 Å². The molecule has 2 nitrogen and oxygen atoms in total. The van der Waals surface area contributed by atoms with Crippen molar-refractivity contribution >= 4 is 15.9 Å². The molecule has 1 unspecified atom stereocenters. The number of halogens is 3. The van der Waals surface area contributed by atoms with Crippen LogP contribution in [0.2, 0.25) is 0 Å². The highest BCUT2D eigenvalue weighted by Gasteiger charge is 2.24. The molecule has 0 aliphatic rings. The van der Waals surface area contributed by atoms with Gasteiger partial charge in [-0.25, -0.2) is 8.78 Å². The van der Waals surface area contributed by atoms with E-state index in [1.165, 1.54) is 12.1 Å². The fourth-order valence-electron chi connectivity index (χ4n) is 2.15. The van der Waals surface area contributed by atoms with E-state index in [-0.39, 0.29) is 17.2 Å². The first kappa shape index (κ1) is 18.5. The van der Waals surface area contributed by atoms with E-state index in [9.17, 15) is 8.78 Å². The Kier molecular flexibility index (Phi) is 7.24. The standard InChI is InChI=1S/C16H24BrF2NO/c1-5-8-20-14(6-7-16(2,3)21-4)15-12(18)9-11(17)10-13(15)19/h9-10,14,20H,5-8H2,1-4H3. The van der Waals surface area contributed by atoms with Crippen molar-refractivity contribution in [2.75, 3.05) is 13.7 Å². The lowest BCUT2D eigenvalue weighted by Crippen LogP contribution is -2.29. The first-order valence-electron chi connectivity index (χ1n) is 7.23. The van der Waals surface area contributed by atoms with Crippen LogP contribution in [-0.4, -0.2) is 19.3 Å². The summed E-state index contributed by atoms with van der Waals surface area (Å²) >= 11 is 3.11. The molecule has 1 aromatic rings. The highest BCUT2D eigenvalue weighted by molar-refractivity contribution is 9.10. The lowest BCUT2D eigenvalue weighted by Gasteiger charge is -2.27. The van der Waals surface area contributed by atoms with Crippen molar-refractivity contribution in [2.45, 2.75) is 51.7 Å². The van der Waals surface area contributed by atoms with Gasteiger partial charge in [0, 0.05) is 23.2 Å². The lowest BCUT2D eigenvalue weighted by atomic mass is 9.94. The van der Waals surface area contributed by atoms with Crippen LogP contribution in [0, 0.1) is 11.6 Å². The number of rotatable bonds is 8. The molecule has 1 atom stereocenters. The molecule has 0 aliphatic carbocycles. The Morgan fingerprint density at radius 2 is 1.86 bits per heavy atom. The van der Waals surface area contributed by atoms with Crippen LogP contribution in [0.25, 0.3) is 0 Å². The number of nitrogens with one attached hydrogen (secondary N) is 1. The van der Waals surface area contributed by atoms with E-state index < -0.39 is 11.6 Å². The first-order chi connectivity index (χ1) is 9.80. The van der Waals surface area contributed by atoms with E-state index in [2.05, 4.69) is 21.2 Å². The van der Waals surface area contributed by atoms with E-state index in [1.54, 1.807) is 7.11 Å². The van der Waals surface area contributed by atoms with Crippen LogP contribution in [0.5, 0.6) is 0 Å². The number of ether oxygens (including phenoxy) is 1. The lowest BCUT2D eigenvalue weighted by molar-refractivity contribution is 0.0115. The van der Waals surface area contributed by atoms with Gasteiger partial charge >= 0.3 is 0 Å². The molecule has 1 rings (SSSR count). The van der Waals surface area contributed by atoms with Gasteiger partial charge < -0.3 is 10.1 Å². The summed E-state index contributed by atoms with van der Waals surface area (Å²) in [7, 11) is 1.65. The van der Waals surface area contributed by atoms with Gasteiger partial charge in [-0.05, 0) is 51.8 Å². The fraction of sp³-hybridized carbons (Fsp3) is 0.625. The van der Waals surface area contributed by atoms with Crippen LogP contribution in [0.1, 0.15) is 51.6 Å². The van der Waals surface area contributed by atoms with Crippen molar-refractivity contribution in [3.8, 4) is 0 Å². The van der Waals surface area contributed by atoms with Crippen molar-refractivity contribution in [1.29, 1.82) is 0 Å². The zero-order valence-electron chi connectivity index (χ0n) is 13.1. The van der Waals surface area contributed by atoms with Gasteiger partial charge in [0.2, 0.25) is 0 Å². The van der Waals surface area contributed by atoms with Crippen LogP contribution in [0.15, 0.2) is 16.6 Å². The number of benzene rings is 1. The molecule has 5 heteroatoms.